The van der Waals surface area contributed by atoms with Crippen LogP contribution in [0.4, 0.5) is 0 Å². The Balaban J connectivity index is 1.68. The molecule has 0 radical (unpaired) electrons. The third-order valence-electron chi connectivity index (χ3n) is 4.81. The number of likely N-dealkylation sites (tertiary alicyclic amines) is 1. The van der Waals surface area contributed by atoms with Crippen LogP contribution in [-0.2, 0) is 20.8 Å². The predicted octanol–water partition coefficient (Wildman–Crippen LogP) is 1.42. The zero-order valence-corrected chi connectivity index (χ0v) is 14.9. The van der Waals surface area contributed by atoms with Crippen LogP contribution in [0.25, 0.3) is 0 Å². The summed E-state index contributed by atoms with van der Waals surface area (Å²) < 4.78 is 0. The first kappa shape index (κ1) is 18.5. The maximum atomic E-state index is 12.6. The highest BCUT2D eigenvalue weighted by Gasteiger charge is 2.38. The molecule has 1 aliphatic heterocycles. The van der Waals surface area contributed by atoms with Crippen LogP contribution in [0.15, 0.2) is 18.2 Å². The second kappa shape index (κ2) is 7.53. The van der Waals surface area contributed by atoms with Crippen LogP contribution in [0.3, 0.4) is 0 Å². The Labute approximate surface area is 155 Å². The van der Waals surface area contributed by atoms with Crippen LogP contribution in [0.2, 0.25) is 5.02 Å². The van der Waals surface area contributed by atoms with Gasteiger partial charge in [0, 0.05) is 19.1 Å². The molecule has 1 aliphatic carbocycles. The summed E-state index contributed by atoms with van der Waals surface area (Å²) in [7, 11) is 0. The molecule has 7 nitrogen and oxygen atoms in total. The van der Waals surface area contributed by atoms with Gasteiger partial charge in [0.15, 0.2) is 0 Å². The molecule has 1 aromatic carbocycles. The van der Waals surface area contributed by atoms with E-state index in [1.54, 1.807) is 6.07 Å². The number of hydrogen-bond donors (Lipinski definition) is 3. The van der Waals surface area contributed by atoms with Crippen molar-refractivity contribution in [3.05, 3.63) is 28.8 Å². The molecule has 0 aromatic heterocycles. The van der Waals surface area contributed by atoms with E-state index in [9.17, 15) is 24.6 Å². The number of aromatic hydroxyl groups is 1. The Morgan fingerprint density at radius 3 is 2.50 bits per heavy atom. The minimum absolute atomic E-state index is 0.0311. The van der Waals surface area contributed by atoms with Crippen molar-refractivity contribution in [3.8, 4) is 5.75 Å². The Morgan fingerprint density at radius 2 is 1.88 bits per heavy atom. The van der Waals surface area contributed by atoms with E-state index in [1.165, 1.54) is 17.0 Å². The summed E-state index contributed by atoms with van der Waals surface area (Å²) in [4.78, 5) is 37.9. The average Bonchev–Trinajstić information content (AvgIpc) is 3.41. The zero-order valence-electron chi connectivity index (χ0n) is 14.2. The average molecular weight is 381 g/mol. The van der Waals surface area contributed by atoms with Gasteiger partial charge in [-0.15, -0.1) is 0 Å². The number of benzene rings is 1. The summed E-state index contributed by atoms with van der Waals surface area (Å²) in [5, 5.41) is 21.9. The van der Waals surface area contributed by atoms with Gasteiger partial charge in [0.1, 0.15) is 5.75 Å². The van der Waals surface area contributed by atoms with E-state index in [2.05, 4.69) is 5.32 Å². The summed E-state index contributed by atoms with van der Waals surface area (Å²) in [6, 6.07) is 4.70. The van der Waals surface area contributed by atoms with Gasteiger partial charge in [0.2, 0.25) is 11.8 Å². The molecule has 8 heteroatoms. The van der Waals surface area contributed by atoms with Gasteiger partial charge >= 0.3 is 5.97 Å². The molecule has 0 unspecified atom stereocenters. The fraction of sp³-hybridized carbons (Fsp3) is 0.500. The predicted molar refractivity (Wildman–Crippen MR) is 93.8 cm³/mol. The topological polar surface area (TPSA) is 107 Å². The number of phenols is 1. The minimum Gasteiger partial charge on any atom is -0.506 e. The van der Waals surface area contributed by atoms with Gasteiger partial charge in [-0.2, -0.15) is 0 Å². The van der Waals surface area contributed by atoms with Crippen LogP contribution in [0.1, 0.15) is 24.8 Å². The van der Waals surface area contributed by atoms with Crippen LogP contribution in [0.5, 0.6) is 5.75 Å². The third-order valence-corrected chi connectivity index (χ3v) is 5.12. The monoisotopic (exact) mass is 380 g/mol. The summed E-state index contributed by atoms with van der Waals surface area (Å²) in [5.41, 5.74) is 0.620. The zero-order chi connectivity index (χ0) is 18.8. The van der Waals surface area contributed by atoms with Crippen molar-refractivity contribution in [3.63, 3.8) is 0 Å². The molecule has 2 aliphatic rings. The molecule has 3 rings (SSSR count). The van der Waals surface area contributed by atoms with Crippen molar-refractivity contribution in [2.75, 3.05) is 13.1 Å². The molecule has 1 saturated carbocycles. The van der Waals surface area contributed by atoms with Gasteiger partial charge in [-0.3, -0.25) is 14.4 Å². The largest absolute Gasteiger partial charge is 0.506 e. The summed E-state index contributed by atoms with van der Waals surface area (Å²) in [6.07, 6.45) is 2.17. The Hall–Kier alpha value is -2.28. The van der Waals surface area contributed by atoms with E-state index in [0.717, 1.165) is 12.8 Å². The first-order valence-corrected chi connectivity index (χ1v) is 8.99. The lowest BCUT2D eigenvalue weighted by Crippen LogP contribution is -2.51. The number of amides is 2. The number of nitrogens with zero attached hydrogens (tertiary/aromatic N) is 1. The van der Waals surface area contributed by atoms with Gasteiger partial charge in [0.05, 0.1) is 23.3 Å². The van der Waals surface area contributed by atoms with Crippen molar-refractivity contribution in [2.24, 2.45) is 11.8 Å². The van der Waals surface area contributed by atoms with E-state index in [1.807, 2.05) is 0 Å². The number of halogens is 1. The van der Waals surface area contributed by atoms with Gasteiger partial charge in [-0.25, -0.2) is 0 Å². The standard InChI is InChI=1S/C18H21ClN2O5/c19-14-5-10(1-4-15(14)22)6-16(23)21-8-11(7-12(9-21)18(25)26)17(24)20-13-2-3-13/h1,4-5,11-13,22H,2-3,6-9H2,(H,20,24)(H,25,26)/t11-,12+/m1/s1. The molecule has 2 fully saturated rings. The second-order valence-electron chi connectivity index (χ2n) is 7.01. The lowest BCUT2D eigenvalue weighted by molar-refractivity contribution is -0.148. The van der Waals surface area contributed by atoms with Crippen LogP contribution in [0, 0.1) is 11.8 Å². The number of aliphatic carboxylic acids is 1. The van der Waals surface area contributed by atoms with Crippen LogP contribution in [-0.4, -0.2) is 52.0 Å². The van der Waals surface area contributed by atoms with Crippen molar-refractivity contribution in [1.82, 2.24) is 10.2 Å². The quantitative estimate of drug-likeness (QED) is 0.716. The molecule has 3 N–H and O–H groups in total. The van der Waals surface area contributed by atoms with Gasteiger partial charge < -0.3 is 20.4 Å². The molecule has 0 bridgehead atoms. The van der Waals surface area contributed by atoms with E-state index < -0.39 is 17.8 Å². The highest BCUT2D eigenvalue weighted by Crippen LogP contribution is 2.27. The van der Waals surface area contributed by atoms with E-state index in [-0.39, 0.29) is 54.6 Å². The number of phenolic OH excluding ortho intramolecular Hbond substituents is 1. The fourth-order valence-electron chi connectivity index (χ4n) is 3.17. The van der Waals surface area contributed by atoms with E-state index in [0.29, 0.717) is 5.56 Å². The number of hydrogen-bond acceptors (Lipinski definition) is 4. The van der Waals surface area contributed by atoms with Crippen molar-refractivity contribution >= 4 is 29.4 Å². The van der Waals surface area contributed by atoms with Crippen LogP contribution >= 0.6 is 11.6 Å². The highest BCUT2D eigenvalue weighted by atomic mass is 35.5. The number of carboxylic acids is 1. The lowest BCUT2D eigenvalue weighted by atomic mass is 9.88. The number of rotatable bonds is 5. The van der Waals surface area contributed by atoms with Crippen LogP contribution < -0.4 is 5.32 Å². The third kappa shape index (κ3) is 4.46. The van der Waals surface area contributed by atoms with Crippen molar-refractivity contribution in [1.29, 1.82) is 0 Å². The molecule has 0 spiro atoms. The molecule has 1 saturated heterocycles. The van der Waals surface area contributed by atoms with E-state index >= 15 is 0 Å². The summed E-state index contributed by atoms with van der Waals surface area (Å²) in [5.74, 6) is -2.78. The molecule has 1 aromatic rings. The molecule has 140 valence electrons. The smallest absolute Gasteiger partial charge is 0.308 e. The maximum absolute atomic E-state index is 12.6. The maximum Gasteiger partial charge on any atom is 0.308 e. The molecule has 2 atom stereocenters. The molecule has 26 heavy (non-hydrogen) atoms. The van der Waals surface area contributed by atoms with Gasteiger partial charge in [0.25, 0.3) is 0 Å². The first-order valence-electron chi connectivity index (χ1n) is 8.62. The Kier molecular flexibility index (Phi) is 5.36. The van der Waals surface area contributed by atoms with E-state index in [4.69, 9.17) is 11.6 Å². The lowest BCUT2D eigenvalue weighted by Gasteiger charge is -2.35. The Bertz CT molecular complexity index is 734. The number of piperidine rings is 1. The number of nitrogens with one attached hydrogen (secondary N) is 1. The molecule has 2 amide bonds. The fourth-order valence-corrected chi connectivity index (χ4v) is 3.37. The second-order valence-corrected chi connectivity index (χ2v) is 7.42. The molecular formula is C18H21ClN2O5. The van der Waals surface area contributed by atoms with Crippen molar-refractivity contribution < 1.29 is 24.6 Å². The minimum atomic E-state index is -1.00. The summed E-state index contributed by atoms with van der Waals surface area (Å²) >= 11 is 5.86. The SMILES string of the molecule is O=C(O)[C@H]1C[C@@H](C(=O)NC2CC2)CN(C(=O)Cc2ccc(O)c(Cl)c2)C1. The first-order chi connectivity index (χ1) is 12.3. The number of carbonyl (C=O) groups excluding carboxylic acids is 2. The van der Waals surface area contributed by atoms with Gasteiger partial charge in [-0.05, 0) is 37.0 Å². The molecule has 1 heterocycles. The normalized spacial score (nSPS) is 22.7. The number of carbonyl (C=O) groups is 3. The van der Waals surface area contributed by atoms with Gasteiger partial charge in [-0.1, -0.05) is 17.7 Å². The van der Waals surface area contributed by atoms with Crippen molar-refractivity contribution in [2.45, 2.75) is 31.7 Å². The Morgan fingerprint density at radius 1 is 1.19 bits per heavy atom. The number of carboxylic acid groups (broad SMARTS) is 1. The highest BCUT2D eigenvalue weighted by molar-refractivity contribution is 6.32. The molecular weight excluding hydrogens is 360 g/mol. The summed E-state index contributed by atoms with van der Waals surface area (Å²) in [6.45, 7) is 0.306.